The molecule has 3 aromatic rings. The van der Waals surface area contributed by atoms with Crippen LogP contribution in [0.25, 0.3) is 17.1 Å². The molecule has 2 aliphatic rings. The molecule has 180 valence electrons. The molecule has 3 heterocycles. The van der Waals surface area contributed by atoms with Gasteiger partial charge >= 0.3 is 12.3 Å². The van der Waals surface area contributed by atoms with Crippen LogP contribution in [0.5, 0.6) is 5.95 Å². The molecule has 0 saturated carbocycles. The van der Waals surface area contributed by atoms with Gasteiger partial charge < -0.3 is 23.9 Å². The molecule has 0 spiro atoms. The van der Waals surface area contributed by atoms with Gasteiger partial charge in [0.2, 0.25) is 5.88 Å². The lowest BCUT2D eigenvalue weighted by Gasteiger charge is -2.29. The van der Waals surface area contributed by atoms with Crippen molar-refractivity contribution in [1.29, 1.82) is 0 Å². The van der Waals surface area contributed by atoms with Gasteiger partial charge in [0.1, 0.15) is 0 Å². The molecule has 1 unspecified atom stereocenters. The summed E-state index contributed by atoms with van der Waals surface area (Å²) in [5.74, 6) is -1.31. The Balaban J connectivity index is 1.54. The average molecular weight is 476 g/mol. The lowest BCUT2D eigenvalue weighted by atomic mass is 9.87. The quantitative estimate of drug-likeness (QED) is 0.515. The second-order valence-electron chi connectivity index (χ2n) is 8.43. The summed E-state index contributed by atoms with van der Waals surface area (Å²) in [6, 6.07) is 12.5. The molecular weight excluding hydrogens is 453 g/mol. The minimum atomic E-state index is -4.26. The predicted molar refractivity (Wildman–Crippen MR) is 117 cm³/mol. The van der Waals surface area contributed by atoms with Crippen LogP contribution >= 0.6 is 0 Å². The predicted octanol–water partition coefficient (Wildman–Crippen LogP) is 5.30. The maximum absolute atomic E-state index is 13.4. The standard InChI is InChI=1S/C24H23F3N2O5/c25-24(26,27)17-3-6-19-16(13-17)14-20(29(19)21-7-8-22(33-21)34-23(30)31)15-1-4-18(5-2-15)28-9-11-32-12-10-28/h1-2,4-5,7-8,14,17H,3,6,9-13H2,(H,30,31). The number of morpholine rings is 1. The second kappa shape index (κ2) is 8.75. The van der Waals surface area contributed by atoms with Gasteiger partial charge in [0.25, 0.3) is 5.95 Å². The van der Waals surface area contributed by atoms with E-state index in [0.717, 1.165) is 30.0 Å². The number of anilines is 1. The van der Waals surface area contributed by atoms with E-state index in [1.165, 1.54) is 6.07 Å². The Bertz CT molecular complexity index is 1180. The largest absolute Gasteiger partial charge is 0.513 e. The van der Waals surface area contributed by atoms with Crippen molar-refractivity contribution in [3.05, 3.63) is 53.7 Å². The fraction of sp³-hybridized carbons (Fsp3) is 0.375. The number of ether oxygens (including phenoxy) is 2. The van der Waals surface area contributed by atoms with Crippen LogP contribution in [0.1, 0.15) is 17.7 Å². The van der Waals surface area contributed by atoms with Crippen molar-refractivity contribution in [2.24, 2.45) is 5.92 Å². The van der Waals surface area contributed by atoms with Crippen LogP contribution in [-0.4, -0.2) is 48.3 Å². The Hall–Kier alpha value is -3.40. The van der Waals surface area contributed by atoms with Gasteiger partial charge in [0, 0.05) is 36.6 Å². The number of halogens is 3. The Labute approximate surface area is 193 Å². The smallest absolute Gasteiger partial charge is 0.449 e. The minimum absolute atomic E-state index is 0.0187. The van der Waals surface area contributed by atoms with Crippen LogP contribution < -0.4 is 9.64 Å². The molecule has 1 fully saturated rings. The van der Waals surface area contributed by atoms with Crippen LogP contribution in [0, 0.1) is 5.92 Å². The summed E-state index contributed by atoms with van der Waals surface area (Å²) >= 11 is 0. The number of alkyl halides is 3. The zero-order valence-corrected chi connectivity index (χ0v) is 18.2. The first-order valence-electron chi connectivity index (χ1n) is 11.0. The van der Waals surface area contributed by atoms with Gasteiger partial charge in [0.05, 0.1) is 24.8 Å². The first-order chi connectivity index (χ1) is 16.3. The maximum atomic E-state index is 13.4. The second-order valence-corrected chi connectivity index (χ2v) is 8.43. The summed E-state index contributed by atoms with van der Waals surface area (Å²) in [7, 11) is 0. The van der Waals surface area contributed by atoms with Crippen molar-refractivity contribution in [2.45, 2.75) is 25.4 Å². The first kappa shape index (κ1) is 22.4. The number of hydrogen-bond acceptors (Lipinski definition) is 5. The summed E-state index contributed by atoms with van der Waals surface area (Å²) in [6.07, 6.45) is -5.67. The van der Waals surface area contributed by atoms with Crippen LogP contribution in [0.4, 0.5) is 23.7 Å². The Kier molecular flexibility index (Phi) is 5.76. The average Bonchev–Trinajstić information content (AvgIpc) is 3.42. The third-order valence-corrected chi connectivity index (χ3v) is 6.37. The number of carbonyl (C=O) groups is 1. The summed E-state index contributed by atoms with van der Waals surface area (Å²) in [4.78, 5) is 13.1. The van der Waals surface area contributed by atoms with Gasteiger partial charge in [-0.1, -0.05) is 12.1 Å². The molecule has 0 bridgehead atoms. The fourth-order valence-electron chi connectivity index (χ4n) is 4.71. The van der Waals surface area contributed by atoms with Gasteiger partial charge in [-0.25, -0.2) is 4.79 Å². The molecule has 2 aromatic heterocycles. The van der Waals surface area contributed by atoms with Crippen molar-refractivity contribution in [1.82, 2.24) is 4.57 Å². The van der Waals surface area contributed by atoms with Crippen molar-refractivity contribution >= 4 is 11.8 Å². The van der Waals surface area contributed by atoms with E-state index in [0.29, 0.717) is 24.5 Å². The highest BCUT2D eigenvalue weighted by Crippen LogP contribution is 2.41. The monoisotopic (exact) mass is 476 g/mol. The summed E-state index contributed by atoms with van der Waals surface area (Å²) < 4.78 is 57.6. The number of hydrogen-bond donors (Lipinski definition) is 1. The van der Waals surface area contributed by atoms with E-state index < -0.39 is 18.2 Å². The third kappa shape index (κ3) is 4.37. The van der Waals surface area contributed by atoms with E-state index in [1.807, 2.05) is 24.3 Å². The molecule has 1 aromatic carbocycles. The van der Waals surface area contributed by atoms with E-state index in [2.05, 4.69) is 9.64 Å². The van der Waals surface area contributed by atoms with Gasteiger partial charge in [-0.05, 0) is 48.6 Å². The lowest BCUT2D eigenvalue weighted by Crippen LogP contribution is -2.36. The summed E-state index contributed by atoms with van der Waals surface area (Å²) in [5.41, 5.74) is 3.87. The van der Waals surface area contributed by atoms with Gasteiger partial charge in [-0.2, -0.15) is 13.2 Å². The van der Waals surface area contributed by atoms with Crippen molar-refractivity contribution in [3.63, 3.8) is 0 Å². The number of aromatic nitrogens is 1. The van der Waals surface area contributed by atoms with Gasteiger partial charge in [-0.15, -0.1) is 0 Å². The number of nitrogens with zero attached hydrogens (tertiary/aromatic N) is 2. The van der Waals surface area contributed by atoms with E-state index in [4.69, 9.17) is 14.3 Å². The van der Waals surface area contributed by atoms with E-state index in [9.17, 15) is 18.0 Å². The molecule has 1 aliphatic carbocycles. The molecule has 0 radical (unpaired) electrons. The summed E-state index contributed by atoms with van der Waals surface area (Å²) in [6.45, 7) is 2.91. The highest BCUT2D eigenvalue weighted by molar-refractivity contribution is 5.68. The van der Waals surface area contributed by atoms with Crippen LogP contribution in [0.15, 0.2) is 46.9 Å². The number of rotatable bonds is 4. The molecule has 1 aliphatic heterocycles. The molecule has 7 nitrogen and oxygen atoms in total. The minimum Gasteiger partial charge on any atom is -0.449 e. The number of benzene rings is 1. The van der Waals surface area contributed by atoms with Crippen molar-refractivity contribution in [3.8, 4) is 23.1 Å². The lowest BCUT2D eigenvalue weighted by molar-refractivity contribution is -0.177. The number of furan rings is 1. The van der Waals surface area contributed by atoms with Gasteiger partial charge in [-0.3, -0.25) is 4.57 Å². The summed E-state index contributed by atoms with van der Waals surface area (Å²) in [5, 5.41) is 8.86. The van der Waals surface area contributed by atoms with E-state index >= 15 is 0 Å². The fourth-order valence-corrected chi connectivity index (χ4v) is 4.71. The Morgan fingerprint density at radius 1 is 1.09 bits per heavy atom. The Morgan fingerprint density at radius 2 is 1.82 bits per heavy atom. The van der Waals surface area contributed by atoms with Crippen LogP contribution in [-0.2, 0) is 17.6 Å². The number of fused-ring (bicyclic) bond motifs is 1. The highest BCUT2D eigenvalue weighted by Gasteiger charge is 2.42. The zero-order chi connectivity index (χ0) is 23.9. The Morgan fingerprint density at radius 3 is 2.50 bits per heavy atom. The highest BCUT2D eigenvalue weighted by atomic mass is 19.4. The van der Waals surface area contributed by atoms with Gasteiger partial charge in [0.15, 0.2) is 0 Å². The van der Waals surface area contributed by atoms with Crippen molar-refractivity contribution in [2.75, 3.05) is 31.2 Å². The molecule has 10 heteroatoms. The van der Waals surface area contributed by atoms with Crippen LogP contribution in [0.2, 0.25) is 0 Å². The molecular formula is C24H23F3N2O5. The maximum Gasteiger partial charge on any atom is 0.513 e. The topological polar surface area (TPSA) is 77.1 Å². The molecule has 5 rings (SSSR count). The first-order valence-corrected chi connectivity index (χ1v) is 11.0. The SMILES string of the molecule is O=C(O)Oc1ccc(-n2c(-c3ccc(N4CCOCC4)cc3)cc3c2CCC(C(F)(F)F)C3)o1. The normalized spacial score (nSPS) is 18.6. The van der Waals surface area contributed by atoms with E-state index in [1.54, 1.807) is 16.7 Å². The molecule has 1 saturated heterocycles. The van der Waals surface area contributed by atoms with E-state index in [-0.39, 0.29) is 31.1 Å². The molecule has 1 atom stereocenters. The molecule has 1 N–H and O–H groups in total. The van der Waals surface area contributed by atoms with Crippen LogP contribution in [0.3, 0.4) is 0 Å². The van der Waals surface area contributed by atoms with Crippen molar-refractivity contribution < 1.29 is 37.0 Å². The third-order valence-electron chi connectivity index (χ3n) is 6.37. The zero-order valence-electron chi connectivity index (χ0n) is 18.2. The number of carboxylic acid groups (broad SMARTS) is 1. The molecule has 34 heavy (non-hydrogen) atoms. The molecule has 0 amide bonds.